The van der Waals surface area contributed by atoms with Crippen molar-refractivity contribution in [2.45, 2.75) is 31.5 Å². The molecule has 0 aliphatic heterocycles. The summed E-state index contributed by atoms with van der Waals surface area (Å²) in [5, 5.41) is 9.30. The molecule has 0 spiro atoms. The Hall–Kier alpha value is -3.57. The van der Waals surface area contributed by atoms with E-state index in [-0.39, 0.29) is 24.2 Å². The number of ether oxygens (including phenoxy) is 2. The summed E-state index contributed by atoms with van der Waals surface area (Å²) >= 11 is 0. The minimum atomic E-state index is -4.77. The van der Waals surface area contributed by atoms with Crippen molar-refractivity contribution in [1.29, 1.82) is 0 Å². The fourth-order valence-electron chi connectivity index (χ4n) is 3.19. The van der Waals surface area contributed by atoms with Gasteiger partial charge in [0.25, 0.3) is 0 Å². The van der Waals surface area contributed by atoms with Gasteiger partial charge >= 0.3 is 12.3 Å². The highest BCUT2D eigenvalue weighted by Gasteiger charge is 2.31. The van der Waals surface area contributed by atoms with Gasteiger partial charge in [0.05, 0.1) is 10.5 Å². The maximum Gasteiger partial charge on any atom is 0.573 e. The molecule has 0 saturated heterocycles. The summed E-state index contributed by atoms with van der Waals surface area (Å²) in [6.45, 7) is 3.35. The molecule has 0 aliphatic carbocycles. The van der Waals surface area contributed by atoms with Crippen LogP contribution in [0.15, 0.2) is 65.6 Å². The Balaban J connectivity index is 0.00000456. The third-order valence-corrected chi connectivity index (χ3v) is 6.54. The molecule has 188 valence electrons. The molecular weight excluding hydrogens is 487 g/mol. The highest BCUT2D eigenvalue weighted by molar-refractivity contribution is 7.89. The number of alkyl halides is 3. The third kappa shape index (κ3) is 7.20. The van der Waals surface area contributed by atoms with E-state index in [2.05, 4.69) is 9.46 Å². The van der Waals surface area contributed by atoms with Crippen LogP contribution < -0.4 is 14.2 Å². The highest BCUT2D eigenvalue weighted by atomic mass is 32.2. The summed E-state index contributed by atoms with van der Waals surface area (Å²) in [5.74, 6) is -0.803. The molecule has 0 heterocycles. The van der Waals surface area contributed by atoms with Crippen molar-refractivity contribution in [3.63, 3.8) is 0 Å². The van der Waals surface area contributed by atoms with Crippen molar-refractivity contribution in [3.05, 3.63) is 82.9 Å². The van der Waals surface area contributed by atoms with Crippen LogP contribution in [0.1, 0.15) is 28.5 Å². The molecule has 0 bridgehead atoms. The van der Waals surface area contributed by atoms with Gasteiger partial charge in [-0.3, -0.25) is 0 Å². The van der Waals surface area contributed by atoms with E-state index in [1.54, 1.807) is 38.1 Å². The first-order valence-corrected chi connectivity index (χ1v) is 11.8. The van der Waals surface area contributed by atoms with Crippen LogP contribution in [0.2, 0.25) is 0 Å². The molecule has 0 fully saturated rings. The van der Waals surface area contributed by atoms with Crippen molar-refractivity contribution in [1.82, 2.24) is 4.72 Å². The second-order valence-corrected chi connectivity index (χ2v) is 9.40. The van der Waals surface area contributed by atoms with Gasteiger partial charge in [0.1, 0.15) is 17.2 Å². The summed E-state index contributed by atoms with van der Waals surface area (Å²) < 4.78 is 73.8. The Morgan fingerprint density at radius 3 is 2.06 bits per heavy atom. The van der Waals surface area contributed by atoms with E-state index in [1.165, 1.54) is 18.2 Å². The van der Waals surface area contributed by atoms with Crippen LogP contribution in [0.3, 0.4) is 0 Å². The Morgan fingerprint density at radius 2 is 1.51 bits per heavy atom. The van der Waals surface area contributed by atoms with Crippen LogP contribution in [-0.4, -0.2) is 32.4 Å². The topological polar surface area (TPSA) is 102 Å². The van der Waals surface area contributed by atoms with E-state index in [9.17, 15) is 31.5 Å². The number of nitrogens with one attached hydrogen (secondary N) is 1. The van der Waals surface area contributed by atoms with E-state index in [0.29, 0.717) is 29.0 Å². The Labute approximate surface area is 201 Å². The first-order valence-electron chi connectivity index (χ1n) is 10.3. The van der Waals surface area contributed by atoms with Crippen LogP contribution in [0.4, 0.5) is 13.2 Å². The molecule has 35 heavy (non-hydrogen) atoms. The average Bonchev–Trinajstić information content (AvgIpc) is 2.76. The van der Waals surface area contributed by atoms with Crippen LogP contribution in [0, 0.1) is 13.8 Å². The van der Waals surface area contributed by atoms with Gasteiger partial charge in [0, 0.05) is 7.97 Å². The minimum Gasteiger partial charge on any atom is -0.478 e. The third-order valence-electron chi connectivity index (χ3n) is 5.10. The lowest BCUT2D eigenvalue weighted by atomic mass is 10.0. The normalized spacial score (nSPS) is 11.8. The van der Waals surface area contributed by atoms with Crippen LogP contribution >= 0.6 is 0 Å². The number of carbonyl (C=O) groups is 1. The van der Waals surface area contributed by atoms with Crippen molar-refractivity contribution in [2.75, 3.05) is 6.54 Å². The molecule has 0 atom stereocenters. The number of hydrogen-bond donors (Lipinski definition) is 2. The molecule has 3 rings (SSSR count). The second kappa shape index (κ2) is 10.4. The molecule has 0 aromatic heterocycles. The Kier molecular flexibility index (Phi) is 7.71. The van der Waals surface area contributed by atoms with Crippen molar-refractivity contribution >= 4 is 16.0 Å². The van der Waals surface area contributed by atoms with Crippen LogP contribution in [0.25, 0.3) is 0 Å². The fraction of sp³-hybridized carbons (Fsp3) is 0.208. The number of sulfonamides is 1. The number of carboxylic acid groups (broad SMARTS) is 1. The zero-order chi connectivity index (χ0) is 25.8. The molecule has 3 aromatic rings. The van der Waals surface area contributed by atoms with Crippen molar-refractivity contribution < 1.29 is 42.4 Å². The molecule has 0 amide bonds. The molecule has 2 N–H and O–H groups in total. The summed E-state index contributed by atoms with van der Waals surface area (Å²) in [6, 6.07) is 14.3. The largest absolute Gasteiger partial charge is 0.573 e. The molecule has 11 heteroatoms. The molecule has 7 nitrogen and oxygen atoms in total. The van der Waals surface area contributed by atoms with E-state index < -0.39 is 22.4 Å². The number of rotatable bonds is 9. The second-order valence-electron chi connectivity index (χ2n) is 7.63. The van der Waals surface area contributed by atoms with Gasteiger partial charge in [0.2, 0.25) is 10.0 Å². The number of benzene rings is 3. The Morgan fingerprint density at radius 1 is 0.971 bits per heavy atom. The standard InChI is InChI=1S/C24H22F3NO6S.H2/c1-15-13-21(14-22(16(15)2)23(29)30)35(31,32)28-12-11-17-3-5-18(6-4-17)33-19-7-9-20(10-8-19)34-24(25,26)27;/h3-10,13-14,28H,11-12H2,1-2H3,(H,29,30);1H. The lowest BCUT2D eigenvalue weighted by Crippen LogP contribution is -2.26. The van der Waals surface area contributed by atoms with E-state index in [0.717, 1.165) is 23.8 Å². The zero-order valence-electron chi connectivity index (χ0n) is 18.7. The Bertz CT molecular complexity index is 1310. The van der Waals surface area contributed by atoms with Crippen LogP contribution in [-0.2, 0) is 16.4 Å². The molecule has 0 unspecified atom stereocenters. The number of aryl methyl sites for hydroxylation is 1. The predicted molar refractivity (Wildman–Crippen MR) is 124 cm³/mol. The number of aromatic carboxylic acids is 1. The molecule has 0 radical (unpaired) electrons. The minimum absolute atomic E-state index is 0. The van der Waals surface area contributed by atoms with Gasteiger partial charge in [-0.15, -0.1) is 13.2 Å². The maximum absolute atomic E-state index is 12.6. The van der Waals surface area contributed by atoms with Gasteiger partial charge < -0.3 is 14.6 Å². The fourth-order valence-corrected chi connectivity index (χ4v) is 4.33. The first-order chi connectivity index (χ1) is 16.3. The van der Waals surface area contributed by atoms with Gasteiger partial charge in [-0.2, -0.15) is 0 Å². The molecule has 3 aromatic carbocycles. The summed E-state index contributed by atoms with van der Waals surface area (Å²) in [7, 11) is -3.91. The van der Waals surface area contributed by atoms with E-state index in [4.69, 9.17) is 4.74 Å². The zero-order valence-corrected chi connectivity index (χ0v) is 19.5. The summed E-state index contributed by atoms with van der Waals surface area (Å²) in [5.41, 5.74) is 1.80. The van der Waals surface area contributed by atoms with Gasteiger partial charge in [-0.25, -0.2) is 17.9 Å². The van der Waals surface area contributed by atoms with E-state index in [1.807, 2.05) is 0 Å². The molecule has 0 saturated carbocycles. The quantitative estimate of drug-likeness (QED) is 0.396. The average molecular weight is 512 g/mol. The van der Waals surface area contributed by atoms with Crippen molar-refractivity contribution in [3.8, 4) is 17.2 Å². The van der Waals surface area contributed by atoms with Crippen molar-refractivity contribution in [2.24, 2.45) is 0 Å². The number of hydrogen-bond acceptors (Lipinski definition) is 5. The van der Waals surface area contributed by atoms with Crippen LogP contribution in [0.5, 0.6) is 17.2 Å². The maximum atomic E-state index is 12.6. The summed E-state index contributed by atoms with van der Waals surface area (Å²) in [6.07, 6.45) is -4.41. The lowest BCUT2D eigenvalue weighted by Gasteiger charge is -2.12. The SMILES string of the molecule is Cc1cc(S(=O)(=O)NCCc2ccc(Oc3ccc(OC(F)(F)F)cc3)cc2)cc(C(=O)O)c1C.[HH]. The monoisotopic (exact) mass is 511 g/mol. The first kappa shape index (κ1) is 26.0. The molecular formula is C24H24F3NO6S. The number of halogens is 3. The summed E-state index contributed by atoms with van der Waals surface area (Å²) in [4.78, 5) is 11.3. The van der Waals surface area contributed by atoms with Gasteiger partial charge in [0.15, 0.2) is 0 Å². The lowest BCUT2D eigenvalue weighted by molar-refractivity contribution is -0.274. The predicted octanol–water partition coefficient (Wildman–Crippen LogP) is 5.46. The van der Waals surface area contributed by atoms with E-state index >= 15 is 0 Å². The van der Waals surface area contributed by atoms with Gasteiger partial charge in [-0.05, 0) is 85.5 Å². The number of carboxylic acids is 1. The van der Waals surface area contributed by atoms with Gasteiger partial charge in [-0.1, -0.05) is 12.1 Å². The molecule has 0 aliphatic rings. The highest BCUT2D eigenvalue weighted by Crippen LogP contribution is 2.27. The smallest absolute Gasteiger partial charge is 0.478 e.